The van der Waals surface area contributed by atoms with Gasteiger partial charge in [0.25, 0.3) is 5.91 Å². The average molecular weight is 346 g/mol. The van der Waals surface area contributed by atoms with Crippen LogP contribution in [0.3, 0.4) is 0 Å². The van der Waals surface area contributed by atoms with E-state index in [1.54, 1.807) is 12.1 Å². The summed E-state index contributed by atoms with van der Waals surface area (Å²) in [5, 5.41) is 8.88. The summed E-state index contributed by atoms with van der Waals surface area (Å²) in [5.41, 5.74) is 2.24. The van der Waals surface area contributed by atoms with Crippen molar-refractivity contribution in [3.05, 3.63) is 65.5 Å². The topological polar surface area (TPSA) is 60.2 Å². The highest BCUT2D eigenvalue weighted by molar-refractivity contribution is 5.94. The fourth-order valence-corrected chi connectivity index (χ4v) is 4.15. The lowest BCUT2D eigenvalue weighted by molar-refractivity contribution is 0.0584. The first-order chi connectivity index (χ1) is 12.7. The SMILES string of the molecule is N#Cc1ccc(C(=O)N2C[C@H]3CC[C@@H]2CN(Cc2ccccc2)C3)cn1. The number of hydrogen-bond donors (Lipinski definition) is 0. The van der Waals surface area contributed by atoms with E-state index in [-0.39, 0.29) is 11.9 Å². The molecule has 2 bridgehead atoms. The van der Waals surface area contributed by atoms with Crippen LogP contribution < -0.4 is 0 Å². The number of nitrogens with zero attached hydrogens (tertiary/aromatic N) is 4. The molecule has 0 radical (unpaired) electrons. The summed E-state index contributed by atoms with van der Waals surface area (Å²) in [7, 11) is 0. The number of fused-ring (bicyclic) bond motifs is 4. The quantitative estimate of drug-likeness (QED) is 0.857. The van der Waals surface area contributed by atoms with Gasteiger partial charge in [-0.05, 0) is 36.5 Å². The number of rotatable bonds is 3. The van der Waals surface area contributed by atoms with Crippen molar-refractivity contribution in [2.24, 2.45) is 5.92 Å². The van der Waals surface area contributed by atoms with Gasteiger partial charge < -0.3 is 4.90 Å². The molecule has 0 aliphatic carbocycles. The molecule has 1 aromatic heterocycles. The molecule has 26 heavy (non-hydrogen) atoms. The maximum Gasteiger partial charge on any atom is 0.255 e. The number of amides is 1. The van der Waals surface area contributed by atoms with Crippen molar-refractivity contribution in [1.29, 1.82) is 5.26 Å². The van der Waals surface area contributed by atoms with Crippen LogP contribution in [0.1, 0.15) is 34.5 Å². The zero-order valence-corrected chi connectivity index (χ0v) is 14.7. The first-order valence-electron chi connectivity index (χ1n) is 9.16. The number of hydrogen-bond acceptors (Lipinski definition) is 4. The molecule has 1 aromatic carbocycles. The van der Waals surface area contributed by atoms with E-state index in [0.717, 1.165) is 32.6 Å². The number of aromatic nitrogens is 1. The Morgan fingerprint density at radius 1 is 1.12 bits per heavy atom. The molecule has 0 unspecified atom stereocenters. The highest BCUT2D eigenvalue weighted by atomic mass is 16.2. The average Bonchev–Trinajstić information content (AvgIpc) is 2.99. The summed E-state index contributed by atoms with van der Waals surface area (Å²) >= 11 is 0. The van der Waals surface area contributed by atoms with E-state index in [4.69, 9.17) is 5.26 Å². The van der Waals surface area contributed by atoms with Crippen molar-refractivity contribution in [2.45, 2.75) is 25.4 Å². The standard InChI is InChI=1S/C21H22N4O/c22-10-19-8-7-18(11-23-19)21(26)25-14-17-6-9-20(25)15-24(13-17)12-16-4-2-1-3-5-16/h1-5,7-8,11,17,20H,6,9,12-15H2/t17-,20+/m0/s1. The van der Waals surface area contributed by atoms with Gasteiger partial charge in [0.15, 0.2) is 0 Å². The maximum atomic E-state index is 13.0. The Kier molecular flexibility index (Phi) is 4.68. The molecule has 5 rings (SSSR count). The van der Waals surface area contributed by atoms with E-state index in [2.05, 4.69) is 34.1 Å². The Morgan fingerprint density at radius 3 is 2.69 bits per heavy atom. The predicted molar refractivity (Wildman–Crippen MR) is 98.2 cm³/mol. The molecule has 5 nitrogen and oxygen atoms in total. The van der Waals surface area contributed by atoms with Gasteiger partial charge in [0.1, 0.15) is 11.8 Å². The first kappa shape index (κ1) is 16.7. The molecule has 0 saturated carbocycles. The molecule has 3 aliphatic heterocycles. The van der Waals surface area contributed by atoms with Gasteiger partial charge in [-0.25, -0.2) is 4.98 Å². The normalized spacial score (nSPS) is 22.7. The fraction of sp³-hybridized carbons (Fsp3) is 0.381. The molecular weight excluding hydrogens is 324 g/mol. The van der Waals surface area contributed by atoms with Gasteiger partial charge in [-0.1, -0.05) is 30.3 Å². The van der Waals surface area contributed by atoms with Crippen molar-refractivity contribution in [3.63, 3.8) is 0 Å². The van der Waals surface area contributed by atoms with Gasteiger partial charge >= 0.3 is 0 Å². The third-order valence-corrected chi connectivity index (χ3v) is 5.42. The second-order valence-electron chi connectivity index (χ2n) is 7.28. The van der Waals surface area contributed by atoms with Crippen molar-refractivity contribution in [1.82, 2.24) is 14.8 Å². The molecule has 3 fully saturated rings. The van der Waals surface area contributed by atoms with Crippen LogP contribution >= 0.6 is 0 Å². The number of pyridine rings is 1. The highest BCUT2D eigenvalue weighted by Gasteiger charge is 2.37. The molecular formula is C21H22N4O. The molecule has 5 heteroatoms. The zero-order valence-electron chi connectivity index (χ0n) is 14.7. The Balaban J connectivity index is 1.49. The van der Waals surface area contributed by atoms with E-state index in [9.17, 15) is 4.79 Å². The number of nitriles is 1. The maximum absolute atomic E-state index is 13.0. The molecule has 1 amide bonds. The van der Waals surface area contributed by atoms with E-state index in [1.807, 2.05) is 17.0 Å². The minimum absolute atomic E-state index is 0.0400. The van der Waals surface area contributed by atoms with Crippen molar-refractivity contribution < 1.29 is 4.79 Å². The van der Waals surface area contributed by atoms with Crippen LogP contribution in [-0.2, 0) is 6.54 Å². The van der Waals surface area contributed by atoms with Crippen LogP contribution in [0.5, 0.6) is 0 Å². The molecule has 132 valence electrons. The summed E-state index contributed by atoms with van der Waals surface area (Å²) in [6.45, 7) is 3.71. The van der Waals surface area contributed by atoms with E-state index >= 15 is 0 Å². The molecule has 0 spiro atoms. The summed E-state index contributed by atoms with van der Waals surface area (Å²) in [6.07, 6.45) is 3.78. The van der Waals surface area contributed by atoms with Gasteiger partial charge in [0, 0.05) is 38.4 Å². The lowest BCUT2D eigenvalue weighted by Crippen LogP contribution is -2.47. The molecule has 2 aromatic rings. The van der Waals surface area contributed by atoms with E-state index in [0.29, 0.717) is 17.2 Å². The summed E-state index contributed by atoms with van der Waals surface area (Å²) < 4.78 is 0. The Hall–Kier alpha value is -2.71. The van der Waals surface area contributed by atoms with Crippen molar-refractivity contribution >= 4 is 5.91 Å². The second-order valence-corrected chi connectivity index (χ2v) is 7.28. The first-order valence-corrected chi connectivity index (χ1v) is 9.16. The number of piperidine rings is 1. The summed E-state index contributed by atoms with van der Waals surface area (Å²) in [4.78, 5) is 21.6. The Labute approximate surface area is 153 Å². The third-order valence-electron chi connectivity index (χ3n) is 5.42. The fourth-order valence-electron chi connectivity index (χ4n) is 4.15. The van der Waals surface area contributed by atoms with Crippen LogP contribution in [0, 0.1) is 17.2 Å². The zero-order chi connectivity index (χ0) is 17.9. The van der Waals surface area contributed by atoms with E-state index in [1.165, 1.54) is 18.2 Å². The monoisotopic (exact) mass is 346 g/mol. The number of carbonyl (C=O) groups excluding carboxylic acids is 1. The van der Waals surface area contributed by atoms with Crippen LogP contribution in [0.2, 0.25) is 0 Å². The lowest BCUT2D eigenvalue weighted by Gasteiger charge is -2.36. The molecule has 0 N–H and O–H groups in total. The number of benzene rings is 1. The number of carbonyl (C=O) groups is 1. The highest BCUT2D eigenvalue weighted by Crippen LogP contribution is 2.30. The van der Waals surface area contributed by atoms with Crippen LogP contribution in [0.25, 0.3) is 0 Å². The van der Waals surface area contributed by atoms with Crippen LogP contribution in [0.4, 0.5) is 0 Å². The van der Waals surface area contributed by atoms with Crippen molar-refractivity contribution in [2.75, 3.05) is 19.6 Å². The predicted octanol–water partition coefficient (Wildman–Crippen LogP) is 2.69. The van der Waals surface area contributed by atoms with Gasteiger partial charge in [-0.2, -0.15) is 5.26 Å². The largest absolute Gasteiger partial charge is 0.334 e. The van der Waals surface area contributed by atoms with Gasteiger partial charge in [0.2, 0.25) is 0 Å². The van der Waals surface area contributed by atoms with Gasteiger partial charge in [-0.15, -0.1) is 0 Å². The van der Waals surface area contributed by atoms with E-state index < -0.39 is 0 Å². The smallest absolute Gasteiger partial charge is 0.255 e. The molecule has 3 saturated heterocycles. The second kappa shape index (κ2) is 7.27. The summed E-state index contributed by atoms with van der Waals surface area (Å²) in [5.74, 6) is 0.561. The third kappa shape index (κ3) is 3.47. The Bertz CT molecular complexity index is 812. The minimum Gasteiger partial charge on any atom is -0.334 e. The summed E-state index contributed by atoms with van der Waals surface area (Å²) in [6, 6.07) is 16.1. The minimum atomic E-state index is 0.0400. The lowest BCUT2D eigenvalue weighted by atomic mass is 9.94. The van der Waals surface area contributed by atoms with Crippen LogP contribution in [-0.4, -0.2) is 46.4 Å². The molecule has 4 heterocycles. The molecule has 3 aliphatic rings. The van der Waals surface area contributed by atoms with Gasteiger partial charge in [-0.3, -0.25) is 9.69 Å². The van der Waals surface area contributed by atoms with Gasteiger partial charge in [0.05, 0.1) is 5.56 Å². The van der Waals surface area contributed by atoms with Crippen molar-refractivity contribution in [3.8, 4) is 6.07 Å². The van der Waals surface area contributed by atoms with Crippen LogP contribution in [0.15, 0.2) is 48.7 Å². The Morgan fingerprint density at radius 2 is 1.96 bits per heavy atom. The molecule has 2 atom stereocenters.